The van der Waals surface area contributed by atoms with E-state index in [1.165, 1.54) is 57.2 Å². The van der Waals surface area contributed by atoms with Crippen LogP contribution in [-0.4, -0.2) is 24.0 Å². The molecule has 1 nitrogen and oxygen atoms in total. The predicted molar refractivity (Wildman–Crippen MR) is 84.3 cm³/mol. The number of alkyl halides is 3. The van der Waals surface area contributed by atoms with Crippen molar-refractivity contribution >= 4 is 0 Å². The molecular weight excluding hydrogens is 299 g/mol. The molecule has 0 N–H and O–H groups in total. The fourth-order valence-electron chi connectivity index (χ4n) is 4.86. The van der Waals surface area contributed by atoms with Gasteiger partial charge < -0.3 is 0 Å². The van der Waals surface area contributed by atoms with E-state index >= 15 is 0 Å². The summed E-state index contributed by atoms with van der Waals surface area (Å²) in [5.74, 6) is 0.471. The maximum Gasteiger partial charge on any atom is 0.416 e. The van der Waals surface area contributed by atoms with Crippen LogP contribution in [-0.2, 0) is 6.18 Å². The second-order valence-electron chi connectivity index (χ2n) is 7.75. The molecule has 1 aromatic rings. The molecule has 0 aromatic heterocycles. The Morgan fingerprint density at radius 1 is 1.00 bits per heavy atom. The standard InChI is InChI=1S/C19H24F3N/c20-19(21,22)15-8-6-14(7-9-15)17-12-18(17)10-11-23(13-18)16-4-2-1-3-5-16/h6-9,16-17H,1-5,10-13H2. The molecule has 1 aromatic carbocycles. The maximum atomic E-state index is 12.7. The number of likely N-dealkylation sites (tertiary alicyclic amines) is 1. The minimum Gasteiger partial charge on any atom is -0.300 e. The molecule has 2 atom stereocenters. The third-order valence-electron chi connectivity index (χ3n) is 6.34. The van der Waals surface area contributed by atoms with Gasteiger partial charge in [0.05, 0.1) is 5.56 Å². The molecule has 126 valence electrons. The summed E-state index contributed by atoms with van der Waals surface area (Å²) < 4.78 is 38.0. The maximum absolute atomic E-state index is 12.7. The van der Waals surface area contributed by atoms with Crippen LogP contribution in [0.5, 0.6) is 0 Å². The molecule has 3 fully saturated rings. The number of rotatable bonds is 2. The summed E-state index contributed by atoms with van der Waals surface area (Å²) in [6, 6.07) is 6.65. The van der Waals surface area contributed by atoms with Crippen molar-refractivity contribution < 1.29 is 13.2 Å². The normalized spacial score (nSPS) is 32.6. The van der Waals surface area contributed by atoms with Crippen LogP contribution in [0.3, 0.4) is 0 Å². The van der Waals surface area contributed by atoms with E-state index in [0.29, 0.717) is 11.3 Å². The van der Waals surface area contributed by atoms with Gasteiger partial charge in [-0.1, -0.05) is 31.4 Å². The molecule has 4 rings (SSSR count). The highest BCUT2D eigenvalue weighted by Gasteiger charge is 2.58. The van der Waals surface area contributed by atoms with Gasteiger partial charge in [-0.25, -0.2) is 0 Å². The van der Waals surface area contributed by atoms with Crippen molar-refractivity contribution in [2.45, 2.75) is 63.1 Å². The van der Waals surface area contributed by atoms with Gasteiger partial charge >= 0.3 is 6.18 Å². The Hall–Kier alpha value is -1.03. The van der Waals surface area contributed by atoms with Gasteiger partial charge in [0.15, 0.2) is 0 Å². The average Bonchev–Trinajstić information content (AvgIpc) is 3.07. The molecular formula is C19H24F3N. The lowest BCUT2D eigenvalue weighted by atomic mass is 9.94. The number of nitrogens with zero attached hydrogens (tertiary/aromatic N) is 1. The van der Waals surface area contributed by atoms with Crippen molar-refractivity contribution in [2.75, 3.05) is 13.1 Å². The van der Waals surface area contributed by atoms with Gasteiger partial charge in [-0.15, -0.1) is 0 Å². The smallest absolute Gasteiger partial charge is 0.300 e. The van der Waals surface area contributed by atoms with Crippen molar-refractivity contribution in [3.63, 3.8) is 0 Å². The van der Waals surface area contributed by atoms with Gasteiger partial charge in [0.25, 0.3) is 0 Å². The predicted octanol–water partition coefficient (Wildman–Crippen LogP) is 5.22. The van der Waals surface area contributed by atoms with Crippen LogP contribution in [0.4, 0.5) is 13.2 Å². The van der Waals surface area contributed by atoms with Gasteiger partial charge in [0, 0.05) is 12.6 Å². The molecule has 4 heteroatoms. The van der Waals surface area contributed by atoms with Crippen molar-refractivity contribution in [1.82, 2.24) is 4.90 Å². The van der Waals surface area contributed by atoms with Crippen LogP contribution >= 0.6 is 0 Å². The SMILES string of the molecule is FC(F)(F)c1ccc(C2CC23CCN(C2CCCCC2)C3)cc1. The zero-order chi connectivity index (χ0) is 16.1. The second kappa shape index (κ2) is 5.51. The van der Waals surface area contributed by atoms with Crippen LogP contribution in [0.15, 0.2) is 24.3 Å². The lowest BCUT2D eigenvalue weighted by Crippen LogP contribution is -2.35. The fourth-order valence-corrected chi connectivity index (χ4v) is 4.86. The first-order valence-corrected chi connectivity index (χ1v) is 8.89. The summed E-state index contributed by atoms with van der Waals surface area (Å²) >= 11 is 0. The Bertz CT molecular complexity index is 559. The molecule has 0 radical (unpaired) electrons. The quantitative estimate of drug-likeness (QED) is 0.721. The van der Waals surface area contributed by atoms with Crippen LogP contribution in [0.1, 0.15) is 62.0 Å². The summed E-state index contributed by atoms with van der Waals surface area (Å²) in [6.45, 7) is 2.34. The van der Waals surface area contributed by atoms with Crippen LogP contribution in [0.2, 0.25) is 0 Å². The molecule has 1 heterocycles. The van der Waals surface area contributed by atoms with Gasteiger partial charge in [0.1, 0.15) is 0 Å². The van der Waals surface area contributed by atoms with Gasteiger partial charge in [-0.05, 0) is 61.3 Å². The van der Waals surface area contributed by atoms with E-state index in [1.807, 2.05) is 0 Å². The molecule has 1 aliphatic heterocycles. The average molecular weight is 323 g/mol. The van der Waals surface area contributed by atoms with E-state index in [2.05, 4.69) is 4.90 Å². The molecule has 2 unspecified atom stereocenters. The Morgan fingerprint density at radius 3 is 2.35 bits per heavy atom. The fraction of sp³-hybridized carbons (Fsp3) is 0.684. The number of halogens is 3. The van der Waals surface area contributed by atoms with Crippen molar-refractivity contribution in [1.29, 1.82) is 0 Å². The monoisotopic (exact) mass is 323 g/mol. The minimum atomic E-state index is -4.23. The Morgan fingerprint density at radius 2 is 1.70 bits per heavy atom. The summed E-state index contributed by atoms with van der Waals surface area (Å²) in [5.41, 5.74) is 0.923. The third-order valence-corrected chi connectivity index (χ3v) is 6.34. The molecule has 2 aliphatic carbocycles. The second-order valence-corrected chi connectivity index (χ2v) is 7.75. The van der Waals surface area contributed by atoms with E-state index in [-0.39, 0.29) is 0 Å². The van der Waals surface area contributed by atoms with Crippen molar-refractivity contribution in [3.05, 3.63) is 35.4 Å². The van der Waals surface area contributed by atoms with Crippen molar-refractivity contribution in [3.8, 4) is 0 Å². The zero-order valence-electron chi connectivity index (χ0n) is 13.4. The third kappa shape index (κ3) is 2.90. The Labute approximate surface area is 135 Å². The van der Waals surface area contributed by atoms with E-state index in [4.69, 9.17) is 0 Å². The topological polar surface area (TPSA) is 3.24 Å². The molecule has 0 bridgehead atoms. The summed E-state index contributed by atoms with van der Waals surface area (Å²) in [5, 5.41) is 0. The van der Waals surface area contributed by atoms with Crippen molar-refractivity contribution in [2.24, 2.45) is 5.41 Å². The number of hydrogen-bond donors (Lipinski definition) is 0. The van der Waals surface area contributed by atoms with Crippen LogP contribution in [0, 0.1) is 5.41 Å². The Balaban J connectivity index is 1.41. The first-order chi connectivity index (χ1) is 11.0. The number of hydrogen-bond acceptors (Lipinski definition) is 1. The highest BCUT2D eigenvalue weighted by atomic mass is 19.4. The lowest BCUT2D eigenvalue weighted by Gasteiger charge is -2.31. The number of benzene rings is 1. The largest absolute Gasteiger partial charge is 0.416 e. The van der Waals surface area contributed by atoms with E-state index in [9.17, 15) is 13.2 Å². The minimum absolute atomic E-state index is 0.358. The Kier molecular flexibility index (Phi) is 3.71. The van der Waals surface area contributed by atoms with Crippen LogP contribution in [0.25, 0.3) is 0 Å². The van der Waals surface area contributed by atoms with E-state index in [0.717, 1.165) is 24.6 Å². The first kappa shape index (κ1) is 15.5. The highest BCUT2D eigenvalue weighted by molar-refractivity contribution is 5.34. The molecule has 2 saturated carbocycles. The highest BCUT2D eigenvalue weighted by Crippen LogP contribution is 2.64. The summed E-state index contributed by atoms with van der Waals surface area (Å²) in [4.78, 5) is 2.67. The molecule has 1 spiro atoms. The summed E-state index contributed by atoms with van der Waals surface area (Å²) in [6.07, 6.45) is 4.90. The molecule has 0 amide bonds. The van der Waals surface area contributed by atoms with Crippen LogP contribution < -0.4 is 0 Å². The van der Waals surface area contributed by atoms with E-state index in [1.54, 1.807) is 12.1 Å². The van der Waals surface area contributed by atoms with Gasteiger partial charge in [-0.2, -0.15) is 13.2 Å². The van der Waals surface area contributed by atoms with E-state index < -0.39 is 11.7 Å². The molecule has 3 aliphatic rings. The summed E-state index contributed by atoms with van der Waals surface area (Å²) in [7, 11) is 0. The van der Waals surface area contributed by atoms with Gasteiger partial charge in [0.2, 0.25) is 0 Å². The zero-order valence-corrected chi connectivity index (χ0v) is 13.4. The first-order valence-electron chi connectivity index (χ1n) is 8.89. The lowest BCUT2D eigenvalue weighted by molar-refractivity contribution is -0.137. The molecule has 1 saturated heterocycles. The van der Waals surface area contributed by atoms with Gasteiger partial charge in [-0.3, -0.25) is 4.90 Å². The molecule has 23 heavy (non-hydrogen) atoms.